The lowest BCUT2D eigenvalue weighted by Crippen LogP contribution is -2.09. The molecule has 10 heteroatoms. The van der Waals surface area contributed by atoms with E-state index in [1.807, 2.05) is 13.0 Å². The van der Waals surface area contributed by atoms with E-state index in [1.54, 1.807) is 67.8 Å². The lowest BCUT2D eigenvalue weighted by Gasteiger charge is -2.10. The zero-order valence-corrected chi connectivity index (χ0v) is 29.1. The Labute approximate surface area is 295 Å². The van der Waals surface area contributed by atoms with Gasteiger partial charge in [0.1, 0.15) is 29.3 Å². The Bertz CT molecular complexity index is 1480. The van der Waals surface area contributed by atoms with Crippen molar-refractivity contribution < 1.29 is 47.6 Å². The van der Waals surface area contributed by atoms with E-state index < -0.39 is 5.97 Å². The van der Waals surface area contributed by atoms with Crippen molar-refractivity contribution in [2.45, 2.75) is 58.3 Å². The van der Waals surface area contributed by atoms with Gasteiger partial charge < -0.3 is 28.4 Å². The largest absolute Gasteiger partial charge is 0.497 e. The molecule has 50 heavy (non-hydrogen) atoms. The first-order valence-corrected chi connectivity index (χ1v) is 16.7. The standard InChI is InChI=1S/C24H28O6.C16H20O4/c1-4-23(25)29-16-8-6-5-7-15-28-20-11-9-19(10-12-20)24(26)30-22-14-13-21(27-3)17-18(22)2;1-2-16(18)20-12-6-4-3-5-11-19-15-9-7-14(13-17)8-10-15/h4,9-14,17H,1,5-8,15-16H2,2-3H3;2,7-10,13H,1,3-6,11-12H2. The van der Waals surface area contributed by atoms with Crippen LogP contribution in [0.4, 0.5) is 0 Å². The Hall–Kier alpha value is -5.38. The van der Waals surface area contributed by atoms with E-state index in [0.717, 1.165) is 69.0 Å². The van der Waals surface area contributed by atoms with E-state index in [0.29, 0.717) is 54.8 Å². The van der Waals surface area contributed by atoms with Crippen molar-refractivity contribution in [1.82, 2.24) is 0 Å². The summed E-state index contributed by atoms with van der Waals surface area (Å²) in [7, 11) is 1.59. The molecule has 0 fully saturated rings. The van der Waals surface area contributed by atoms with Gasteiger partial charge in [-0.25, -0.2) is 14.4 Å². The number of aldehydes is 1. The highest BCUT2D eigenvalue weighted by Crippen LogP contribution is 2.24. The van der Waals surface area contributed by atoms with Gasteiger partial charge >= 0.3 is 17.9 Å². The predicted octanol–water partition coefficient (Wildman–Crippen LogP) is 8.06. The minimum absolute atomic E-state index is 0.368. The van der Waals surface area contributed by atoms with Crippen LogP contribution >= 0.6 is 0 Å². The summed E-state index contributed by atoms with van der Waals surface area (Å²) in [4.78, 5) is 44.5. The first kappa shape index (κ1) is 40.8. The quantitative estimate of drug-likeness (QED) is 0.0337. The van der Waals surface area contributed by atoms with Crippen molar-refractivity contribution in [1.29, 1.82) is 0 Å². The fraction of sp³-hybridized carbons (Fsp3) is 0.350. The molecule has 0 amide bonds. The number of carbonyl (C=O) groups excluding carboxylic acids is 4. The molecule has 10 nitrogen and oxygen atoms in total. The second-order valence-electron chi connectivity index (χ2n) is 11.0. The molecule has 3 aromatic carbocycles. The van der Waals surface area contributed by atoms with E-state index in [-0.39, 0.29) is 11.9 Å². The molecule has 0 atom stereocenters. The third-order valence-corrected chi connectivity index (χ3v) is 7.13. The second-order valence-corrected chi connectivity index (χ2v) is 11.0. The number of ether oxygens (including phenoxy) is 6. The van der Waals surface area contributed by atoms with Crippen LogP contribution in [0.1, 0.15) is 77.6 Å². The molecule has 3 aromatic rings. The van der Waals surface area contributed by atoms with Crippen LogP contribution in [0.15, 0.2) is 92.0 Å². The average molecular weight is 689 g/mol. The van der Waals surface area contributed by atoms with Crippen molar-refractivity contribution in [3.63, 3.8) is 0 Å². The number of carbonyl (C=O) groups is 4. The number of methoxy groups -OCH3 is 1. The molecule has 0 aliphatic heterocycles. The molecular weight excluding hydrogens is 640 g/mol. The van der Waals surface area contributed by atoms with Crippen LogP contribution in [0, 0.1) is 6.92 Å². The maximum atomic E-state index is 12.3. The molecule has 0 aromatic heterocycles. The number of benzene rings is 3. The smallest absolute Gasteiger partial charge is 0.343 e. The summed E-state index contributed by atoms with van der Waals surface area (Å²) in [5.41, 5.74) is 1.92. The van der Waals surface area contributed by atoms with Crippen molar-refractivity contribution >= 4 is 24.2 Å². The van der Waals surface area contributed by atoms with E-state index in [2.05, 4.69) is 13.2 Å². The van der Waals surface area contributed by atoms with Crippen LogP contribution in [0.5, 0.6) is 23.0 Å². The summed E-state index contributed by atoms with van der Waals surface area (Å²) in [6.45, 7) is 10.6. The van der Waals surface area contributed by atoms with Crippen molar-refractivity contribution in [2.75, 3.05) is 33.5 Å². The van der Waals surface area contributed by atoms with Crippen molar-refractivity contribution in [2.24, 2.45) is 0 Å². The first-order valence-electron chi connectivity index (χ1n) is 16.7. The number of aryl methyl sites for hydroxylation is 1. The highest BCUT2D eigenvalue weighted by Gasteiger charge is 2.11. The molecule has 0 radical (unpaired) electrons. The molecule has 268 valence electrons. The summed E-state index contributed by atoms with van der Waals surface area (Å²) >= 11 is 0. The van der Waals surface area contributed by atoms with Crippen LogP contribution in [-0.4, -0.2) is 57.7 Å². The molecule has 0 spiro atoms. The molecule has 0 unspecified atom stereocenters. The van der Waals surface area contributed by atoms with Crippen LogP contribution in [0.25, 0.3) is 0 Å². The molecule has 0 aliphatic rings. The summed E-state index contributed by atoms with van der Waals surface area (Å²) in [5, 5.41) is 0. The van der Waals surface area contributed by atoms with Gasteiger partial charge in [-0.05, 0) is 131 Å². The zero-order chi connectivity index (χ0) is 36.4. The van der Waals surface area contributed by atoms with Crippen LogP contribution in [0.3, 0.4) is 0 Å². The topological polar surface area (TPSA) is 124 Å². The average Bonchev–Trinajstić information content (AvgIpc) is 3.14. The molecule has 0 bridgehead atoms. The molecular formula is C40H48O10. The maximum absolute atomic E-state index is 12.3. The number of hydrogen-bond donors (Lipinski definition) is 0. The highest BCUT2D eigenvalue weighted by molar-refractivity contribution is 5.91. The minimum Gasteiger partial charge on any atom is -0.497 e. The third-order valence-electron chi connectivity index (χ3n) is 7.13. The first-order chi connectivity index (χ1) is 24.3. The third kappa shape index (κ3) is 17.1. The Morgan fingerprint density at radius 3 is 1.52 bits per heavy atom. The monoisotopic (exact) mass is 688 g/mol. The molecule has 0 aliphatic carbocycles. The van der Waals surface area contributed by atoms with Gasteiger partial charge in [0.15, 0.2) is 0 Å². The van der Waals surface area contributed by atoms with Gasteiger partial charge in [-0.1, -0.05) is 13.2 Å². The lowest BCUT2D eigenvalue weighted by atomic mass is 10.2. The van der Waals surface area contributed by atoms with E-state index >= 15 is 0 Å². The summed E-state index contributed by atoms with van der Waals surface area (Å²) in [5.74, 6) is 1.51. The zero-order valence-electron chi connectivity index (χ0n) is 29.1. The fourth-order valence-electron chi connectivity index (χ4n) is 4.31. The number of hydrogen-bond acceptors (Lipinski definition) is 10. The molecule has 0 saturated heterocycles. The molecule has 0 saturated carbocycles. The van der Waals surface area contributed by atoms with E-state index in [9.17, 15) is 19.2 Å². The molecule has 0 heterocycles. The lowest BCUT2D eigenvalue weighted by molar-refractivity contribution is -0.138. The number of unbranched alkanes of at least 4 members (excludes halogenated alkanes) is 6. The minimum atomic E-state index is -0.424. The van der Waals surface area contributed by atoms with Crippen LogP contribution < -0.4 is 18.9 Å². The van der Waals surface area contributed by atoms with Gasteiger partial charge in [0.05, 0.1) is 39.1 Å². The van der Waals surface area contributed by atoms with Gasteiger partial charge in [-0.15, -0.1) is 0 Å². The number of rotatable bonds is 22. The Kier molecular flexibility index (Phi) is 20.2. The van der Waals surface area contributed by atoms with E-state index in [1.165, 1.54) is 12.2 Å². The number of esters is 3. The van der Waals surface area contributed by atoms with Crippen LogP contribution in [0.2, 0.25) is 0 Å². The molecule has 0 N–H and O–H groups in total. The van der Waals surface area contributed by atoms with Gasteiger partial charge in [0.25, 0.3) is 0 Å². The molecule has 3 rings (SSSR count). The normalized spacial score (nSPS) is 10.0. The summed E-state index contributed by atoms with van der Waals surface area (Å²) in [6, 6.07) is 19.2. The van der Waals surface area contributed by atoms with Gasteiger partial charge in [0.2, 0.25) is 0 Å². The van der Waals surface area contributed by atoms with Gasteiger partial charge in [-0.2, -0.15) is 0 Å². The van der Waals surface area contributed by atoms with Crippen molar-refractivity contribution in [3.05, 3.63) is 109 Å². The van der Waals surface area contributed by atoms with Gasteiger partial charge in [0, 0.05) is 17.7 Å². The van der Waals surface area contributed by atoms with Crippen LogP contribution in [-0.2, 0) is 19.1 Å². The maximum Gasteiger partial charge on any atom is 0.343 e. The van der Waals surface area contributed by atoms with Crippen molar-refractivity contribution in [3.8, 4) is 23.0 Å². The van der Waals surface area contributed by atoms with Gasteiger partial charge in [-0.3, -0.25) is 4.79 Å². The SMILES string of the molecule is C=CC(=O)OCCCCCCOc1ccc(C(=O)Oc2ccc(OC)cc2C)cc1.C=CC(=O)OCCCCCCOc1ccc(C=O)cc1. The highest BCUT2D eigenvalue weighted by atomic mass is 16.5. The second kappa shape index (κ2) is 24.7. The summed E-state index contributed by atoms with van der Waals surface area (Å²) in [6.07, 6.45) is 10.6. The fourth-order valence-corrected chi connectivity index (χ4v) is 4.31. The Morgan fingerprint density at radius 2 is 1.08 bits per heavy atom. The Morgan fingerprint density at radius 1 is 0.620 bits per heavy atom. The summed E-state index contributed by atoms with van der Waals surface area (Å²) < 4.78 is 31.7. The Balaban J connectivity index is 0.000000377. The van der Waals surface area contributed by atoms with E-state index in [4.69, 9.17) is 28.4 Å². The predicted molar refractivity (Wildman–Crippen MR) is 191 cm³/mol.